The molecule has 3 aromatic carbocycles. The van der Waals surface area contributed by atoms with E-state index in [-0.39, 0.29) is 9.80 Å². The molecule has 28 heavy (non-hydrogen) atoms. The Kier molecular flexibility index (Phi) is 6.25. The summed E-state index contributed by atoms with van der Waals surface area (Å²) in [4.78, 5) is -0.194. The Morgan fingerprint density at radius 1 is 0.893 bits per heavy atom. The van der Waals surface area contributed by atoms with Crippen LogP contribution in [0.4, 0.5) is 0 Å². The molecular weight excluding hydrogens is 370 g/mol. The summed E-state index contributed by atoms with van der Waals surface area (Å²) < 4.78 is 30.9. The van der Waals surface area contributed by atoms with Crippen LogP contribution in [0.15, 0.2) is 94.7 Å². The van der Waals surface area contributed by atoms with Gasteiger partial charge >= 0.3 is 0 Å². The molecule has 4 nitrogen and oxygen atoms in total. The first-order valence-electron chi connectivity index (χ1n) is 8.78. The summed E-state index contributed by atoms with van der Waals surface area (Å²) >= 11 is 0. The van der Waals surface area contributed by atoms with Gasteiger partial charge in [0.05, 0.1) is 11.5 Å². The number of nitriles is 1. The molecule has 0 radical (unpaired) electrons. The van der Waals surface area contributed by atoms with Gasteiger partial charge < -0.3 is 4.74 Å². The van der Waals surface area contributed by atoms with Crippen LogP contribution in [-0.2, 0) is 16.3 Å². The molecule has 0 heterocycles. The number of ether oxygens (including phenoxy) is 1. The maximum atomic E-state index is 12.6. The van der Waals surface area contributed by atoms with Gasteiger partial charge in [-0.05, 0) is 41.5 Å². The first-order valence-corrected chi connectivity index (χ1v) is 10.3. The lowest BCUT2D eigenvalue weighted by atomic mass is 10.2. The minimum atomic E-state index is -3.84. The molecule has 0 bridgehead atoms. The lowest BCUT2D eigenvalue weighted by Gasteiger charge is -2.07. The van der Waals surface area contributed by atoms with Crippen LogP contribution in [0.25, 0.3) is 6.08 Å². The van der Waals surface area contributed by atoms with Crippen molar-refractivity contribution in [1.82, 2.24) is 0 Å². The summed E-state index contributed by atoms with van der Waals surface area (Å²) in [6, 6.07) is 26.8. The van der Waals surface area contributed by atoms with Crippen LogP contribution < -0.4 is 4.74 Å². The molecule has 0 N–H and O–H groups in total. The third-order valence-corrected chi connectivity index (χ3v) is 5.81. The van der Waals surface area contributed by atoms with E-state index in [4.69, 9.17) is 4.74 Å². The Balaban J connectivity index is 1.69. The van der Waals surface area contributed by atoms with Crippen molar-refractivity contribution in [3.63, 3.8) is 0 Å². The number of allylic oxidation sites excluding steroid dienone is 1. The summed E-state index contributed by atoms with van der Waals surface area (Å²) in [7, 11) is -3.84. The number of sulfone groups is 1. The fourth-order valence-electron chi connectivity index (χ4n) is 2.64. The van der Waals surface area contributed by atoms with Gasteiger partial charge in [0.15, 0.2) is 0 Å². The zero-order chi connectivity index (χ0) is 19.8. The summed E-state index contributed by atoms with van der Waals surface area (Å²) in [5, 5.41) is 9.34. The predicted octanol–water partition coefficient (Wildman–Crippen LogP) is 4.65. The van der Waals surface area contributed by atoms with Crippen molar-refractivity contribution in [3.05, 3.63) is 101 Å². The van der Waals surface area contributed by atoms with Crippen LogP contribution >= 0.6 is 0 Å². The van der Waals surface area contributed by atoms with E-state index in [1.54, 1.807) is 48.5 Å². The topological polar surface area (TPSA) is 67.2 Å². The first-order chi connectivity index (χ1) is 13.6. The van der Waals surface area contributed by atoms with Crippen LogP contribution in [0.1, 0.15) is 11.1 Å². The van der Waals surface area contributed by atoms with Gasteiger partial charge in [-0.15, -0.1) is 0 Å². The molecule has 0 atom stereocenters. The fraction of sp³-hybridized carbons (Fsp3) is 0.0870. The van der Waals surface area contributed by atoms with Crippen molar-refractivity contribution in [3.8, 4) is 11.8 Å². The van der Waals surface area contributed by atoms with E-state index in [9.17, 15) is 13.7 Å². The molecule has 0 saturated carbocycles. The standard InChI is InChI=1S/C23H19NO3S/c24-18-23(28(25,26)22-9-5-2-6-10-22)17-20-11-13-21(14-12-20)27-16-15-19-7-3-1-4-8-19/h1-14,17H,15-16H2. The molecule has 0 spiro atoms. The number of hydrogen-bond donors (Lipinski definition) is 0. The Bertz CT molecular complexity index is 1080. The number of nitrogens with zero attached hydrogens (tertiary/aromatic N) is 1. The molecule has 0 amide bonds. The Morgan fingerprint density at radius 2 is 1.50 bits per heavy atom. The summed E-state index contributed by atoms with van der Waals surface area (Å²) in [5.41, 5.74) is 1.82. The zero-order valence-corrected chi connectivity index (χ0v) is 16.0. The number of rotatable bonds is 7. The minimum absolute atomic E-state index is 0.101. The Labute approximate surface area is 165 Å². The fourth-order valence-corrected chi connectivity index (χ4v) is 3.82. The molecule has 0 aliphatic rings. The first kappa shape index (κ1) is 19.4. The van der Waals surface area contributed by atoms with Gasteiger partial charge in [-0.3, -0.25) is 0 Å². The van der Waals surface area contributed by atoms with E-state index in [0.717, 1.165) is 6.42 Å². The van der Waals surface area contributed by atoms with Crippen LogP contribution in [0.5, 0.6) is 5.75 Å². The van der Waals surface area contributed by atoms with Gasteiger partial charge in [-0.1, -0.05) is 60.7 Å². The van der Waals surface area contributed by atoms with Crippen LogP contribution in [0.3, 0.4) is 0 Å². The Morgan fingerprint density at radius 3 is 2.11 bits per heavy atom. The molecule has 0 aromatic heterocycles. The largest absolute Gasteiger partial charge is 0.493 e. The second kappa shape index (κ2) is 9.03. The van der Waals surface area contributed by atoms with Crippen LogP contribution in [0, 0.1) is 11.3 Å². The van der Waals surface area contributed by atoms with E-state index in [1.165, 1.54) is 23.8 Å². The predicted molar refractivity (Wildman–Crippen MR) is 109 cm³/mol. The molecule has 0 aliphatic carbocycles. The van der Waals surface area contributed by atoms with Gasteiger partial charge in [0.25, 0.3) is 0 Å². The van der Waals surface area contributed by atoms with Gasteiger partial charge in [0, 0.05) is 6.42 Å². The normalized spacial score (nSPS) is 11.6. The average Bonchev–Trinajstić information content (AvgIpc) is 2.74. The molecule has 0 aliphatic heterocycles. The quantitative estimate of drug-likeness (QED) is 0.552. The number of benzene rings is 3. The molecular formula is C23H19NO3S. The molecule has 3 aromatic rings. The summed E-state index contributed by atoms with van der Waals surface area (Å²) in [6.07, 6.45) is 2.17. The summed E-state index contributed by atoms with van der Waals surface area (Å²) in [6.45, 7) is 0.547. The highest BCUT2D eigenvalue weighted by Gasteiger charge is 2.20. The second-order valence-corrected chi connectivity index (χ2v) is 8.01. The van der Waals surface area contributed by atoms with Crippen molar-refractivity contribution < 1.29 is 13.2 Å². The third-order valence-electron chi connectivity index (χ3n) is 4.13. The summed E-state index contributed by atoms with van der Waals surface area (Å²) in [5.74, 6) is 0.692. The Hall–Kier alpha value is -3.36. The maximum absolute atomic E-state index is 12.6. The lowest BCUT2D eigenvalue weighted by Crippen LogP contribution is -2.03. The van der Waals surface area contributed by atoms with Gasteiger partial charge in [0.1, 0.15) is 16.7 Å². The smallest absolute Gasteiger partial charge is 0.216 e. The molecule has 0 fully saturated rings. The van der Waals surface area contributed by atoms with Crippen molar-refractivity contribution >= 4 is 15.9 Å². The SMILES string of the molecule is N#CC(=Cc1ccc(OCCc2ccccc2)cc1)S(=O)(=O)c1ccccc1. The van der Waals surface area contributed by atoms with Gasteiger partial charge in [0.2, 0.25) is 9.84 Å². The monoisotopic (exact) mass is 389 g/mol. The lowest BCUT2D eigenvalue weighted by molar-refractivity contribution is 0.322. The van der Waals surface area contributed by atoms with E-state index < -0.39 is 9.84 Å². The van der Waals surface area contributed by atoms with Crippen molar-refractivity contribution in [1.29, 1.82) is 5.26 Å². The second-order valence-electron chi connectivity index (χ2n) is 6.09. The van der Waals surface area contributed by atoms with E-state index in [2.05, 4.69) is 0 Å². The van der Waals surface area contributed by atoms with Crippen molar-refractivity contribution in [2.75, 3.05) is 6.61 Å². The molecule has 0 saturated heterocycles. The van der Waals surface area contributed by atoms with Gasteiger partial charge in [-0.25, -0.2) is 8.42 Å². The van der Waals surface area contributed by atoms with Crippen LogP contribution in [-0.4, -0.2) is 15.0 Å². The zero-order valence-electron chi connectivity index (χ0n) is 15.2. The van der Waals surface area contributed by atoms with E-state index in [1.807, 2.05) is 30.3 Å². The van der Waals surface area contributed by atoms with Crippen LogP contribution in [0.2, 0.25) is 0 Å². The molecule has 5 heteroatoms. The van der Waals surface area contributed by atoms with E-state index >= 15 is 0 Å². The molecule has 0 unspecified atom stereocenters. The molecule has 3 rings (SSSR count). The number of hydrogen-bond acceptors (Lipinski definition) is 4. The van der Waals surface area contributed by atoms with Crippen molar-refractivity contribution in [2.45, 2.75) is 11.3 Å². The highest BCUT2D eigenvalue weighted by Crippen LogP contribution is 2.22. The van der Waals surface area contributed by atoms with E-state index in [0.29, 0.717) is 17.9 Å². The third kappa shape index (κ3) is 4.87. The average molecular weight is 389 g/mol. The van der Waals surface area contributed by atoms with Gasteiger partial charge in [-0.2, -0.15) is 5.26 Å². The minimum Gasteiger partial charge on any atom is -0.493 e. The highest BCUT2D eigenvalue weighted by molar-refractivity contribution is 7.95. The maximum Gasteiger partial charge on any atom is 0.216 e. The van der Waals surface area contributed by atoms with Crippen molar-refractivity contribution in [2.24, 2.45) is 0 Å². The highest BCUT2D eigenvalue weighted by atomic mass is 32.2. The molecule has 140 valence electrons.